The molecule has 1 aromatic rings. The minimum Gasteiger partial charge on any atom is -0.494 e. The van der Waals surface area contributed by atoms with Gasteiger partial charge in [-0.05, 0) is 102 Å². The van der Waals surface area contributed by atoms with Crippen LogP contribution in [0.1, 0.15) is 99.0 Å². The summed E-state index contributed by atoms with van der Waals surface area (Å²) in [5, 5.41) is 16.9. The number of hydrogen-bond donors (Lipinski definition) is 3. The summed E-state index contributed by atoms with van der Waals surface area (Å²) in [6.45, 7) is 14.2. The fraction of sp³-hybridized carbons (Fsp3) is 0.614. The number of aliphatic hydroxyl groups is 1. The first kappa shape index (κ1) is 45.5. The normalized spacial score (nSPS) is 28.3. The Labute approximate surface area is 337 Å². The zero-order valence-corrected chi connectivity index (χ0v) is 34.7. The Hall–Kier alpha value is -4.17. The van der Waals surface area contributed by atoms with E-state index in [-0.39, 0.29) is 54.7 Å². The Morgan fingerprint density at radius 2 is 1.77 bits per heavy atom. The second-order valence-electron chi connectivity index (χ2n) is 15.7. The SMILES string of the molecule is CC(=O)NCCCCCOc1ccc(C(C)=NCC(=O)C[C@@H]2C[C@@]3(CO3)[C@H](O)[C@@H](/C=C/C(C)=C/C[C@@H]3O[C@H](C)[C@H](NC(=O)/C=C\[C@H](C)OC(C)=O)C[C@@H]3C)O2)cc1. The summed E-state index contributed by atoms with van der Waals surface area (Å²) < 4.78 is 29.2. The van der Waals surface area contributed by atoms with Crippen molar-refractivity contribution in [2.24, 2.45) is 10.9 Å². The average Bonchev–Trinajstić information content (AvgIpc) is 3.93. The molecule has 0 unspecified atom stereocenters. The lowest BCUT2D eigenvalue weighted by atomic mass is 9.87. The van der Waals surface area contributed by atoms with Gasteiger partial charge in [0, 0.05) is 45.0 Å². The minimum atomic E-state index is -0.843. The van der Waals surface area contributed by atoms with Crippen molar-refractivity contribution >= 4 is 29.3 Å². The number of rotatable bonds is 20. The van der Waals surface area contributed by atoms with E-state index in [0.717, 1.165) is 48.3 Å². The summed E-state index contributed by atoms with van der Waals surface area (Å²) in [5.41, 5.74) is 1.95. The molecular weight excluding hydrogens is 730 g/mol. The summed E-state index contributed by atoms with van der Waals surface area (Å²) in [5.74, 6) is 0.244. The number of carbonyl (C=O) groups is 4. The van der Waals surface area contributed by atoms with E-state index in [1.165, 1.54) is 19.9 Å². The monoisotopic (exact) mass is 793 g/mol. The number of hydrogen-bond acceptors (Lipinski definition) is 11. The molecule has 2 amide bonds. The third-order valence-corrected chi connectivity index (χ3v) is 10.6. The third kappa shape index (κ3) is 15.3. The highest BCUT2D eigenvalue weighted by Gasteiger charge is 2.58. The number of benzene rings is 1. The lowest BCUT2D eigenvalue weighted by molar-refractivity contribution is -0.144. The Bertz CT molecular complexity index is 1630. The second-order valence-corrected chi connectivity index (χ2v) is 15.7. The number of esters is 1. The number of ketones is 1. The van der Waals surface area contributed by atoms with Crippen LogP contribution in [0.15, 0.2) is 65.2 Å². The molecular formula is C44H63N3O10. The van der Waals surface area contributed by atoms with E-state index in [1.807, 2.05) is 57.2 Å². The van der Waals surface area contributed by atoms with Gasteiger partial charge in [0.25, 0.3) is 0 Å². The molecule has 0 aliphatic carbocycles. The zero-order valence-electron chi connectivity index (χ0n) is 34.7. The summed E-state index contributed by atoms with van der Waals surface area (Å²) >= 11 is 0. The molecule has 0 saturated carbocycles. The summed E-state index contributed by atoms with van der Waals surface area (Å²) in [4.78, 5) is 52.2. The molecule has 0 bridgehead atoms. The highest BCUT2D eigenvalue weighted by molar-refractivity contribution is 6.00. The van der Waals surface area contributed by atoms with Gasteiger partial charge in [-0.1, -0.05) is 30.7 Å². The van der Waals surface area contributed by atoms with Crippen molar-refractivity contribution in [2.45, 2.75) is 142 Å². The number of allylic oxidation sites excluding steroid dienone is 2. The summed E-state index contributed by atoms with van der Waals surface area (Å²) in [7, 11) is 0. The standard InChI is InChI=1S/C44H63N3O10/c1-28(11-18-40-29(2)23-39(32(5)56-40)47-42(51)20-13-30(3)55-34(7)49)12-19-41-43(52)44(27-54-44)25-38(57-41)24-36(50)26-46-31(4)35-14-16-37(17-15-35)53-22-10-8-9-21-45-33(6)48/h11-17,19-20,29-30,32,38-41,43,52H,8-10,18,21-27H2,1-7H3,(H,45,48)(H,47,51)/b19-12+,20-13-,28-11+,46-31?/t29-,30-,32+,38+,39+,40-,41+,43+,44+/m0/s1. The molecule has 13 nitrogen and oxygen atoms in total. The van der Waals surface area contributed by atoms with Crippen LogP contribution in [0.5, 0.6) is 5.75 Å². The molecule has 4 rings (SSSR count). The molecule has 3 aliphatic heterocycles. The van der Waals surface area contributed by atoms with Crippen LogP contribution < -0.4 is 15.4 Å². The predicted molar refractivity (Wildman–Crippen MR) is 217 cm³/mol. The van der Waals surface area contributed by atoms with E-state index < -0.39 is 36.0 Å². The smallest absolute Gasteiger partial charge is 0.303 e. The molecule has 1 aromatic carbocycles. The van der Waals surface area contributed by atoms with Gasteiger partial charge >= 0.3 is 5.97 Å². The van der Waals surface area contributed by atoms with Crippen LogP contribution in [0.2, 0.25) is 0 Å². The number of Topliss-reactive ketones (excluding diaryl/α,β-unsaturated/α-hetero) is 1. The maximum Gasteiger partial charge on any atom is 0.303 e. The maximum absolute atomic E-state index is 13.1. The number of ether oxygens (including phenoxy) is 5. The molecule has 3 heterocycles. The Morgan fingerprint density at radius 1 is 1.04 bits per heavy atom. The van der Waals surface area contributed by atoms with Gasteiger partial charge in [0.05, 0.1) is 44.1 Å². The van der Waals surface area contributed by atoms with Crippen LogP contribution in [-0.4, -0.2) is 109 Å². The molecule has 57 heavy (non-hydrogen) atoms. The highest BCUT2D eigenvalue weighted by atomic mass is 16.6. The number of epoxide rings is 1. The Morgan fingerprint density at radius 3 is 2.46 bits per heavy atom. The minimum absolute atomic E-state index is 0.0109. The van der Waals surface area contributed by atoms with Crippen LogP contribution >= 0.6 is 0 Å². The van der Waals surface area contributed by atoms with Gasteiger partial charge in [-0.15, -0.1) is 0 Å². The topological polar surface area (TPSA) is 174 Å². The van der Waals surface area contributed by atoms with E-state index >= 15 is 0 Å². The largest absolute Gasteiger partial charge is 0.494 e. The second kappa shape index (κ2) is 22.1. The van der Waals surface area contributed by atoms with Gasteiger partial charge in [0.15, 0.2) is 5.78 Å². The molecule has 3 N–H and O–H groups in total. The summed E-state index contributed by atoms with van der Waals surface area (Å²) in [6.07, 6.45) is 11.1. The highest BCUT2D eigenvalue weighted by Crippen LogP contribution is 2.43. The van der Waals surface area contributed by atoms with Crippen LogP contribution in [0.3, 0.4) is 0 Å². The Kier molecular flexibility index (Phi) is 17.7. The third-order valence-electron chi connectivity index (χ3n) is 10.6. The van der Waals surface area contributed by atoms with Crippen molar-refractivity contribution in [2.75, 3.05) is 26.3 Å². The van der Waals surface area contributed by atoms with Crippen molar-refractivity contribution in [1.29, 1.82) is 0 Å². The fourth-order valence-corrected chi connectivity index (χ4v) is 7.15. The molecule has 3 aliphatic rings. The van der Waals surface area contributed by atoms with Gasteiger partial charge in [0.2, 0.25) is 11.8 Å². The number of nitrogens with zero attached hydrogens (tertiary/aromatic N) is 1. The molecule has 0 radical (unpaired) electrons. The van der Waals surface area contributed by atoms with E-state index in [2.05, 4.69) is 28.6 Å². The number of aliphatic hydroxyl groups excluding tert-OH is 1. The molecule has 0 aromatic heterocycles. The number of unbranched alkanes of at least 4 members (excludes halogenated alkanes) is 2. The lowest BCUT2D eigenvalue weighted by Gasteiger charge is -2.39. The quantitative estimate of drug-likeness (QED) is 0.0401. The van der Waals surface area contributed by atoms with Crippen molar-refractivity contribution < 1.29 is 48.0 Å². The summed E-state index contributed by atoms with van der Waals surface area (Å²) in [6, 6.07) is 7.52. The van der Waals surface area contributed by atoms with Crippen molar-refractivity contribution in [3.63, 3.8) is 0 Å². The molecule has 1 spiro atoms. The molecule has 9 atom stereocenters. The zero-order chi connectivity index (χ0) is 41.5. The van der Waals surface area contributed by atoms with Crippen LogP contribution in [0.25, 0.3) is 0 Å². The van der Waals surface area contributed by atoms with E-state index in [9.17, 15) is 24.3 Å². The first-order valence-corrected chi connectivity index (χ1v) is 20.3. The predicted octanol–water partition coefficient (Wildman–Crippen LogP) is 5.13. The van der Waals surface area contributed by atoms with E-state index in [0.29, 0.717) is 32.6 Å². The molecule has 13 heteroatoms. The number of nitrogens with one attached hydrogen (secondary N) is 2. The van der Waals surface area contributed by atoms with Crippen molar-refractivity contribution in [3.05, 3.63) is 65.8 Å². The number of aliphatic imine (C=N–C) groups is 1. The number of carbonyl (C=O) groups excluding carboxylic acids is 4. The lowest BCUT2D eigenvalue weighted by Crippen LogP contribution is -2.50. The molecule has 3 fully saturated rings. The van der Waals surface area contributed by atoms with Gasteiger partial charge in [-0.2, -0.15) is 0 Å². The van der Waals surface area contributed by atoms with Gasteiger partial charge in [-0.3, -0.25) is 24.2 Å². The first-order chi connectivity index (χ1) is 27.1. The van der Waals surface area contributed by atoms with Gasteiger partial charge in [0.1, 0.15) is 29.7 Å². The average molecular weight is 794 g/mol. The maximum atomic E-state index is 13.1. The van der Waals surface area contributed by atoms with Crippen molar-refractivity contribution in [3.8, 4) is 5.75 Å². The van der Waals surface area contributed by atoms with Crippen LogP contribution in [-0.2, 0) is 38.1 Å². The van der Waals surface area contributed by atoms with E-state index in [4.69, 9.17) is 23.7 Å². The Balaban J connectivity index is 1.21. The van der Waals surface area contributed by atoms with Gasteiger partial charge < -0.3 is 39.4 Å². The fourth-order valence-electron chi connectivity index (χ4n) is 7.15. The molecule has 314 valence electrons. The van der Waals surface area contributed by atoms with Crippen LogP contribution in [0, 0.1) is 5.92 Å². The van der Waals surface area contributed by atoms with Gasteiger partial charge in [-0.25, -0.2) is 0 Å². The van der Waals surface area contributed by atoms with Crippen molar-refractivity contribution in [1.82, 2.24) is 10.6 Å². The molecule has 3 saturated heterocycles. The van der Waals surface area contributed by atoms with E-state index in [1.54, 1.807) is 13.0 Å². The first-order valence-electron chi connectivity index (χ1n) is 20.3. The van der Waals surface area contributed by atoms with Crippen LogP contribution in [0.4, 0.5) is 0 Å². The number of amides is 2.